The maximum atomic E-state index is 4.29. The maximum Gasteiger partial charge on any atom is 0.0543 e. The highest BCUT2D eigenvalue weighted by Gasteiger charge is 2.24. The SMILES string of the molecule is CNC1CN(Cc2ccccn2)C1. The van der Waals surface area contributed by atoms with Gasteiger partial charge in [0.15, 0.2) is 0 Å². The fourth-order valence-electron chi connectivity index (χ4n) is 1.60. The van der Waals surface area contributed by atoms with Gasteiger partial charge in [-0.25, -0.2) is 0 Å². The first-order valence-corrected chi connectivity index (χ1v) is 4.68. The van der Waals surface area contributed by atoms with Crippen molar-refractivity contribution in [2.45, 2.75) is 12.6 Å². The van der Waals surface area contributed by atoms with Crippen LogP contribution in [0.15, 0.2) is 24.4 Å². The van der Waals surface area contributed by atoms with Crippen molar-refractivity contribution >= 4 is 0 Å². The largest absolute Gasteiger partial charge is 0.315 e. The van der Waals surface area contributed by atoms with Crippen molar-refractivity contribution in [2.24, 2.45) is 0 Å². The second-order valence-electron chi connectivity index (χ2n) is 3.50. The van der Waals surface area contributed by atoms with Gasteiger partial charge in [0.2, 0.25) is 0 Å². The van der Waals surface area contributed by atoms with Crippen molar-refractivity contribution in [2.75, 3.05) is 20.1 Å². The average molecular weight is 177 g/mol. The number of pyridine rings is 1. The standard InChI is InChI=1S/C10H15N3/c1-11-10-7-13(8-10)6-9-4-2-3-5-12-9/h2-5,10-11H,6-8H2,1H3. The molecule has 13 heavy (non-hydrogen) atoms. The van der Waals surface area contributed by atoms with Crippen LogP contribution >= 0.6 is 0 Å². The Hall–Kier alpha value is -0.930. The molecule has 70 valence electrons. The van der Waals surface area contributed by atoms with Crippen molar-refractivity contribution < 1.29 is 0 Å². The molecule has 1 aromatic rings. The molecule has 0 bridgehead atoms. The molecule has 1 saturated heterocycles. The molecule has 3 nitrogen and oxygen atoms in total. The van der Waals surface area contributed by atoms with Gasteiger partial charge in [-0.05, 0) is 19.2 Å². The summed E-state index contributed by atoms with van der Waals surface area (Å²) in [4.78, 5) is 6.68. The molecule has 3 heteroatoms. The lowest BCUT2D eigenvalue weighted by atomic mass is 10.1. The van der Waals surface area contributed by atoms with E-state index >= 15 is 0 Å². The van der Waals surface area contributed by atoms with E-state index in [0.29, 0.717) is 6.04 Å². The van der Waals surface area contributed by atoms with E-state index in [9.17, 15) is 0 Å². The minimum atomic E-state index is 0.684. The van der Waals surface area contributed by atoms with Gasteiger partial charge in [0.05, 0.1) is 5.69 Å². The fraction of sp³-hybridized carbons (Fsp3) is 0.500. The van der Waals surface area contributed by atoms with E-state index in [-0.39, 0.29) is 0 Å². The molecular formula is C10H15N3. The molecule has 1 N–H and O–H groups in total. The Morgan fingerprint density at radius 3 is 3.00 bits per heavy atom. The van der Waals surface area contributed by atoms with Crippen molar-refractivity contribution in [3.05, 3.63) is 30.1 Å². The lowest BCUT2D eigenvalue weighted by molar-refractivity contribution is 0.122. The summed E-state index contributed by atoms with van der Waals surface area (Å²) in [6.07, 6.45) is 1.85. The minimum Gasteiger partial charge on any atom is -0.315 e. The Balaban J connectivity index is 1.81. The van der Waals surface area contributed by atoms with Crippen LogP contribution in [0.3, 0.4) is 0 Å². The molecule has 1 aromatic heterocycles. The highest BCUT2D eigenvalue weighted by Crippen LogP contribution is 2.10. The number of likely N-dealkylation sites (N-methyl/N-ethyl adjacent to an activating group) is 1. The number of hydrogen-bond donors (Lipinski definition) is 1. The van der Waals surface area contributed by atoms with Gasteiger partial charge in [-0.1, -0.05) is 6.07 Å². The van der Waals surface area contributed by atoms with Crippen LogP contribution in [0.1, 0.15) is 5.69 Å². The quantitative estimate of drug-likeness (QED) is 0.728. The molecule has 0 radical (unpaired) electrons. The molecule has 2 rings (SSSR count). The molecule has 1 aliphatic heterocycles. The third-order valence-electron chi connectivity index (χ3n) is 2.48. The molecule has 1 aliphatic rings. The van der Waals surface area contributed by atoms with Crippen LogP contribution in [0.4, 0.5) is 0 Å². The van der Waals surface area contributed by atoms with Crippen LogP contribution in [0.25, 0.3) is 0 Å². The topological polar surface area (TPSA) is 28.2 Å². The Bertz CT molecular complexity index is 254. The van der Waals surface area contributed by atoms with Crippen LogP contribution < -0.4 is 5.32 Å². The zero-order valence-electron chi connectivity index (χ0n) is 7.90. The predicted molar refractivity (Wildman–Crippen MR) is 52.4 cm³/mol. The number of hydrogen-bond acceptors (Lipinski definition) is 3. The summed E-state index contributed by atoms with van der Waals surface area (Å²) in [6, 6.07) is 6.75. The van der Waals surface area contributed by atoms with E-state index in [4.69, 9.17) is 0 Å². The van der Waals surface area contributed by atoms with E-state index in [1.54, 1.807) is 0 Å². The number of likely N-dealkylation sites (tertiary alicyclic amines) is 1. The number of rotatable bonds is 3. The van der Waals surface area contributed by atoms with Gasteiger partial charge in [-0.3, -0.25) is 9.88 Å². The summed E-state index contributed by atoms with van der Waals surface area (Å²) >= 11 is 0. The van der Waals surface area contributed by atoms with Crippen molar-refractivity contribution in [1.29, 1.82) is 0 Å². The van der Waals surface area contributed by atoms with Crippen LogP contribution in [0.2, 0.25) is 0 Å². The predicted octanol–water partition coefficient (Wildman–Crippen LogP) is 0.485. The van der Waals surface area contributed by atoms with Gasteiger partial charge in [0, 0.05) is 31.9 Å². The number of nitrogens with one attached hydrogen (secondary N) is 1. The summed E-state index contributed by atoms with van der Waals surface area (Å²) in [5, 5.41) is 3.26. The van der Waals surface area contributed by atoms with E-state index in [2.05, 4.69) is 21.3 Å². The molecular weight excluding hydrogens is 162 g/mol. The summed E-state index contributed by atoms with van der Waals surface area (Å²) in [7, 11) is 2.02. The Morgan fingerprint density at radius 2 is 2.38 bits per heavy atom. The Kier molecular flexibility index (Phi) is 2.57. The van der Waals surface area contributed by atoms with Crippen molar-refractivity contribution in [3.63, 3.8) is 0 Å². The lowest BCUT2D eigenvalue weighted by Gasteiger charge is -2.38. The van der Waals surface area contributed by atoms with Gasteiger partial charge in [-0.15, -0.1) is 0 Å². The fourth-order valence-corrected chi connectivity index (χ4v) is 1.60. The third kappa shape index (κ3) is 2.05. The van der Waals surface area contributed by atoms with Crippen LogP contribution in [0.5, 0.6) is 0 Å². The smallest absolute Gasteiger partial charge is 0.0543 e. The lowest BCUT2D eigenvalue weighted by Crippen LogP contribution is -2.56. The van der Waals surface area contributed by atoms with E-state index in [0.717, 1.165) is 25.3 Å². The third-order valence-corrected chi connectivity index (χ3v) is 2.48. The second-order valence-corrected chi connectivity index (χ2v) is 3.50. The highest BCUT2D eigenvalue weighted by atomic mass is 15.2. The first kappa shape index (κ1) is 8.66. The summed E-state index contributed by atoms with van der Waals surface area (Å²) < 4.78 is 0. The molecule has 0 atom stereocenters. The molecule has 1 fully saturated rings. The zero-order chi connectivity index (χ0) is 9.10. The van der Waals surface area contributed by atoms with Crippen molar-refractivity contribution in [3.8, 4) is 0 Å². The average Bonchev–Trinajstić information content (AvgIpc) is 2.12. The Labute approximate surface area is 78.8 Å². The first-order valence-electron chi connectivity index (χ1n) is 4.68. The molecule has 0 spiro atoms. The Morgan fingerprint density at radius 1 is 1.54 bits per heavy atom. The van der Waals surface area contributed by atoms with Gasteiger partial charge < -0.3 is 5.32 Å². The maximum absolute atomic E-state index is 4.29. The molecule has 0 saturated carbocycles. The molecule has 0 aliphatic carbocycles. The van der Waals surface area contributed by atoms with Gasteiger partial charge >= 0.3 is 0 Å². The normalized spacial score (nSPS) is 18.5. The number of aromatic nitrogens is 1. The molecule has 2 heterocycles. The molecule has 0 amide bonds. The highest BCUT2D eigenvalue weighted by molar-refractivity contribution is 5.04. The second kappa shape index (κ2) is 3.85. The molecule has 0 unspecified atom stereocenters. The van der Waals surface area contributed by atoms with Crippen molar-refractivity contribution in [1.82, 2.24) is 15.2 Å². The van der Waals surface area contributed by atoms with E-state index in [1.807, 2.05) is 25.4 Å². The minimum absolute atomic E-state index is 0.684. The molecule has 0 aromatic carbocycles. The zero-order valence-corrected chi connectivity index (χ0v) is 7.90. The summed E-state index contributed by atoms with van der Waals surface area (Å²) in [5.74, 6) is 0. The summed E-state index contributed by atoms with van der Waals surface area (Å²) in [6.45, 7) is 3.28. The van der Waals surface area contributed by atoms with Gasteiger partial charge in [0.1, 0.15) is 0 Å². The van der Waals surface area contributed by atoms with Gasteiger partial charge in [0.25, 0.3) is 0 Å². The van der Waals surface area contributed by atoms with Crippen LogP contribution in [-0.2, 0) is 6.54 Å². The monoisotopic (exact) mass is 177 g/mol. The van der Waals surface area contributed by atoms with E-state index in [1.165, 1.54) is 0 Å². The van der Waals surface area contributed by atoms with Crippen LogP contribution in [-0.4, -0.2) is 36.1 Å². The first-order chi connectivity index (χ1) is 6.38. The van der Waals surface area contributed by atoms with E-state index < -0.39 is 0 Å². The van der Waals surface area contributed by atoms with Crippen LogP contribution in [0, 0.1) is 0 Å². The number of nitrogens with zero attached hydrogens (tertiary/aromatic N) is 2. The summed E-state index contributed by atoms with van der Waals surface area (Å²) in [5.41, 5.74) is 1.16. The van der Waals surface area contributed by atoms with Gasteiger partial charge in [-0.2, -0.15) is 0 Å².